The fourth-order valence-corrected chi connectivity index (χ4v) is 3.42. The number of fused-ring (bicyclic) bond motifs is 1. The van der Waals surface area contributed by atoms with Gasteiger partial charge in [-0.05, 0) is 31.6 Å². The van der Waals surface area contributed by atoms with Gasteiger partial charge in [-0.1, -0.05) is 0 Å². The first-order chi connectivity index (χ1) is 11.1. The fourth-order valence-electron chi connectivity index (χ4n) is 3.42. The second-order valence-electron chi connectivity index (χ2n) is 6.04. The van der Waals surface area contributed by atoms with Gasteiger partial charge in [0.25, 0.3) is 5.91 Å². The maximum atomic E-state index is 12.1. The molecule has 1 atom stereocenters. The SMILES string of the molecule is CC1=C2C(=O)NC3(C)C=C(C(Nc4ncnc5[nH]ncc45)=C1)N23. The van der Waals surface area contributed by atoms with E-state index in [2.05, 4.69) is 30.8 Å². The number of rotatable bonds is 2. The summed E-state index contributed by atoms with van der Waals surface area (Å²) in [7, 11) is 0. The number of nitrogens with one attached hydrogen (secondary N) is 3. The van der Waals surface area contributed by atoms with Gasteiger partial charge in [0, 0.05) is 0 Å². The summed E-state index contributed by atoms with van der Waals surface area (Å²) in [6, 6.07) is 0. The molecule has 1 fully saturated rings. The van der Waals surface area contributed by atoms with Crippen LogP contribution in [0.2, 0.25) is 0 Å². The highest BCUT2D eigenvalue weighted by Crippen LogP contribution is 2.47. The van der Waals surface area contributed by atoms with E-state index < -0.39 is 5.66 Å². The van der Waals surface area contributed by atoms with Gasteiger partial charge in [0.15, 0.2) is 5.65 Å². The molecule has 1 amide bonds. The van der Waals surface area contributed by atoms with E-state index in [9.17, 15) is 4.79 Å². The normalized spacial score (nSPS) is 25.0. The third-order valence-electron chi connectivity index (χ3n) is 4.44. The summed E-state index contributed by atoms with van der Waals surface area (Å²) in [5, 5.41) is 14.0. The molecular formula is C15H13N7O. The van der Waals surface area contributed by atoms with Crippen molar-refractivity contribution >= 4 is 22.8 Å². The van der Waals surface area contributed by atoms with E-state index in [0.29, 0.717) is 17.2 Å². The summed E-state index contributed by atoms with van der Waals surface area (Å²) < 4.78 is 0. The molecular weight excluding hydrogens is 294 g/mol. The minimum Gasteiger partial charge on any atom is -0.338 e. The van der Waals surface area contributed by atoms with Crippen molar-refractivity contribution in [3.05, 3.63) is 47.3 Å². The van der Waals surface area contributed by atoms with Crippen molar-refractivity contribution in [2.75, 3.05) is 5.32 Å². The number of nitrogens with zero attached hydrogens (tertiary/aromatic N) is 4. The van der Waals surface area contributed by atoms with Gasteiger partial charge in [-0.25, -0.2) is 9.97 Å². The van der Waals surface area contributed by atoms with Crippen LogP contribution in [0.4, 0.5) is 5.82 Å². The highest BCUT2D eigenvalue weighted by molar-refractivity contribution is 6.00. The Morgan fingerprint density at radius 2 is 2.22 bits per heavy atom. The summed E-state index contributed by atoms with van der Waals surface area (Å²) in [5.74, 6) is 0.644. The van der Waals surface area contributed by atoms with Crippen LogP contribution >= 0.6 is 0 Å². The molecule has 2 aromatic rings. The van der Waals surface area contributed by atoms with Crippen LogP contribution in [-0.4, -0.2) is 36.6 Å². The van der Waals surface area contributed by atoms with Crippen molar-refractivity contribution in [3.8, 4) is 0 Å². The van der Waals surface area contributed by atoms with Crippen LogP contribution in [0.15, 0.2) is 47.3 Å². The lowest BCUT2D eigenvalue weighted by Gasteiger charge is -2.46. The average Bonchev–Trinajstić information content (AvgIpc) is 3.05. The van der Waals surface area contributed by atoms with Gasteiger partial charge < -0.3 is 15.5 Å². The minimum absolute atomic E-state index is 0.0363. The predicted molar refractivity (Wildman–Crippen MR) is 82.6 cm³/mol. The standard InChI is InChI=1S/C15H13N7O/c1-7-3-9(10-4-15(2)20-14(23)11(7)22(10)15)19-12-8-5-18-21-13(8)17-6-16-12/h3-6H,1-2H3,(H,20,23)(H2,16,17,18,19,21). The van der Waals surface area contributed by atoms with Gasteiger partial charge in [-0.2, -0.15) is 5.10 Å². The fraction of sp³-hybridized carbons (Fsp3) is 0.200. The summed E-state index contributed by atoms with van der Waals surface area (Å²) in [5.41, 5.74) is 3.76. The third-order valence-corrected chi connectivity index (χ3v) is 4.44. The summed E-state index contributed by atoms with van der Waals surface area (Å²) in [6.07, 6.45) is 7.18. The van der Waals surface area contributed by atoms with Gasteiger partial charge in [0.2, 0.25) is 0 Å². The van der Waals surface area contributed by atoms with Crippen molar-refractivity contribution in [2.24, 2.45) is 0 Å². The van der Waals surface area contributed by atoms with E-state index in [4.69, 9.17) is 0 Å². The maximum Gasteiger partial charge on any atom is 0.270 e. The van der Waals surface area contributed by atoms with Crippen molar-refractivity contribution < 1.29 is 4.79 Å². The first kappa shape index (κ1) is 12.4. The first-order valence-corrected chi connectivity index (χ1v) is 7.26. The Kier molecular flexibility index (Phi) is 2.04. The molecule has 0 saturated carbocycles. The topological polar surface area (TPSA) is 98.8 Å². The number of H-pyrrole nitrogens is 1. The number of allylic oxidation sites excluding steroid dienone is 2. The van der Waals surface area contributed by atoms with Gasteiger partial charge in [0.1, 0.15) is 23.5 Å². The van der Waals surface area contributed by atoms with Gasteiger partial charge in [0.05, 0.1) is 23.0 Å². The smallest absolute Gasteiger partial charge is 0.270 e. The van der Waals surface area contributed by atoms with Gasteiger partial charge in [-0.15, -0.1) is 0 Å². The summed E-state index contributed by atoms with van der Waals surface area (Å²) >= 11 is 0. The number of amides is 1. The third kappa shape index (κ3) is 1.44. The zero-order valence-corrected chi connectivity index (χ0v) is 12.5. The molecule has 3 N–H and O–H groups in total. The molecule has 0 bridgehead atoms. The van der Waals surface area contributed by atoms with Crippen LogP contribution in [0.1, 0.15) is 13.8 Å². The first-order valence-electron chi connectivity index (χ1n) is 7.26. The highest BCUT2D eigenvalue weighted by atomic mass is 16.2. The minimum atomic E-state index is -0.430. The lowest BCUT2D eigenvalue weighted by atomic mass is 9.93. The Morgan fingerprint density at radius 1 is 1.35 bits per heavy atom. The summed E-state index contributed by atoms with van der Waals surface area (Å²) in [4.78, 5) is 22.6. The van der Waals surface area contributed by atoms with Crippen LogP contribution < -0.4 is 10.6 Å². The molecule has 2 aromatic heterocycles. The molecule has 8 heteroatoms. The van der Waals surface area contributed by atoms with E-state index in [1.165, 1.54) is 6.33 Å². The molecule has 5 heterocycles. The lowest BCUT2D eigenvalue weighted by Crippen LogP contribution is -2.55. The molecule has 3 aliphatic heterocycles. The van der Waals surface area contributed by atoms with E-state index in [0.717, 1.165) is 22.4 Å². The number of hydrogen-bond donors (Lipinski definition) is 3. The highest BCUT2D eigenvalue weighted by Gasteiger charge is 2.53. The molecule has 114 valence electrons. The molecule has 8 nitrogen and oxygen atoms in total. The predicted octanol–water partition coefficient (Wildman–Crippen LogP) is 0.982. The largest absolute Gasteiger partial charge is 0.338 e. The van der Waals surface area contributed by atoms with Crippen LogP contribution in [0.5, 0.6) is 0 Å². The Balaban J connectivity index is 1.61. The van der Waals surface area contributed by atoms with Gasteiger partial charge >= 0.3 is 0 Å². The average molecular weight is 307 g/mol. The summed E-state index contributed by atoms with van der Waals surface area (Å²) in [6.45, 7) is 3.92. The maximum absolute atomic E-state index is 12.1. The number of aromatic amines is 1. The number of aromatic nitrogens is 4. The molecule has 23 heavy (non-hydrogen) atoms. The number of anilines is 1. The molecule has 0 radical (unpaired) electrons. The number of carbonyl (C=O) groups is 1. The van der Waals surface area contributed by atoms with Crippen molar-refractivity contribution in [2.45, 2.75) is 19.5 Å². The van der Waals surface area contributed by atoms with Gasteiger partial charge in [-0.3, -0.25) is 9.89 Å². The quantitative estimate of drug-likeness (QED) is 0.765. The van der Waals surface area contributed by atoms with Crippen LogP contribution in [0.25, 0.3) is 11.0 Å². The monoisotopic (exact) mass is 307 g/mol. The van der Waals surface area contributed by atoms with E-state index in [1.54, 1.807) is 6.20 Å². The Hall–Kier alpha value is -3.16. The second kappa shape index (κ2) is 3.78. The Bertz CT molecular complexity index is 983. The van der Waals surface area contributed by atoms with Crippen LogP contribution in [0.3, 0.4) is 0 Å². The number of carbonyl (C=O) groups excluding carboxylic acids is 1. The zero-order chi connectivity index (χ0) is 15.8. The Morgan fingerprint density at radius 3 is 3.09 bits per heavy atom. The molecule has 0 aromatic carbocycles. The second-order valence-corrected chi connectivity index (χ2v) is 6.04. The van der Waals surface area contributed by atoms with Crippen molar-refractivity contribution in [1.29, 1.82) is 0 Å². The molecule has 5 rings (SSSR count). The lowest BCUT2D eigenvalue weighted by molar-refractivity contribution is -0.116. The van der Waals surface area contributed by atoms with E-state index in [-0.39, 0.29) is 5.91 Å². The van der Waals surface area contributed by atoms with Crippen LogP contribution in [-0.2, 0) is 4.79 Å². The van der Waals surface area contributed by atoms with E-state index >= 15 is 0 Å². The molecule has 0 spiro atoms. The molecule has 0 aliphatic carbocycles. The Labute approximate surface area is 131 Å². The van der Waals surface area contributed by atoms with Crippen LogP contribution in [0, 0.1) is 0 Å². The molecule has 1 unspecified atom stereocenters. The zero-order valence-electron chi connectivity index (χ0n) is 12.5. The number of hydrogen-bond acceptors (Lipinski definition) is 6. The van der Waals surface area contributed by atoms with E-state index in [1.807, 2.05) is 30.9 Å². The van der Waals surface area contributed by atoms with Crippen molar-refractivity contribution in [3.63, 3.8) is 0 Å². The molecule has 1 saturated heterocycles. The van der Waals surface area contributed by atoms with Crippen molar-refractivity contribution in [1.82, 2.24) is 30.4 Å². The molecule has 3 aliphatic rings.